The van der Waals surface area contributed by atoms with E-state index in [4.69, 9.17) is 0 Å². The lowest BCUT2D eigenvalue weighted by molar-refractivity contribution is -0.147. The van der Waals surface area contributed by atoms with Crippen molar-refractivity contribution >= 4 is 5.97 Å². The Hall–Kier alpha value is -0.610. The van der Waals surface area contributed by atoms with Crippen molar-refractivity contribution < 1.29 is 9.90 Å². The number of nitrogens with one attached hydrogen (secondary N) is 1. The smallest absolute Gasteiger partial charge is 0.324 e. The molecule has 1 rings (SSSR count). The van der Waals surface area contributed by atoms with Gasteiger partial charge in [0.05, 0.1) is 0 Å². The van der Waals surface area contributed by atoms with E-state index in [1.54, 1.807) is 0 Å². The second-order valence-electron chi connectivity index (χ2n) is 6.90. The third kappa shape index (κ3) is 4.43. The highest BCUT2D eigenvalue weighted by molar-refractivity contribution is 5.79. The molecule has 124 valence electrons. The molecule has 0 saturated heterocycles. The summed E-state index contributed by atoms with van der Waals surface area (Å²) in [5.74, 6) is -0.418. The average Bonchev–Trinajstić information content (AvgIpc) is 2.81. The van der Waals surface area contributed by atoms with Gasteiger partial charge in [-0.1, -0.05) is 20.3 Å². The third-order valence-corrected chi connectivity index (χ3v) is 5.14. The van der Waals surface area contributed by atoms with Crippen molar-refractivity contribution in [1.29, 1.82) is 0 Å². The number of rotatable bonds is 9. The molecule has 0 radical (unpaired) electrons. The maximum atomic E-state index is 11.9. The first-order valence-electron chi connectivity index (χ1n) is 8.58. The zero-order chi connectivity index (χ0) is 16.0. The van der Waals surface area contributed by atoms with Crippen LogP contribution in [0.3, 0.4) is 0 Å². The van der Waals surface area contributed by atoms with E-state index in [1.165, 1.54) is 0 Å². The average molecular weight is 298 g/mol. The molecule has 1 aliphatic rings. The Balaban J connectivity index is 2.69. The van der Waals surface area contributed by atoms with Crippen LogP contribution < -0.4 is 5.32 Å². The molecule has 21 heavy (non-hydrogen) atoms. The van der Waals surface area contributed by atoms with Crippen LogP contribution >= 0.6 is 0 Å². The predicted octanol–water partition coefficient (Wildman–Crippen LogP) is 3.12. The standard InChI is InChI=1S/C17H34N2O2/c1-6-15(7-2)19(5)12-10-14-9-8-11-17(14,16(20)21)18-13(3)4/h13-15,18H,6-12H2,1-5H3,(H,20,21). The van der Waals surface area contributed by atoms with Gasteiger partial charge in [-0.2, -0.15) is 0 Å². The summed E-state index contributed by atoms with van der Waals surface area (Å²) in [7, 11) is 2.17. The lowest BCUT2D eigenvalue weighted by Gasteiger charge is -2.36. The fourth-order valence-electron chi connectivity index (χ4n) is 3.97. The Morgan fingerprint density at radius 3 is 2.48 bits per heavy atom. The molecular weight excluding hydrogens is 264 g/mol. The summed E-state index contributed by atoms with van der Waals surface area (Å²) in [4.78, 5) is 14.3. The summed E-state index contributed by atoms with van der Waals surface area (Å²) in [5.41, 5.74) is -0.705. The number of nitrogens with zero attached hydrogens (tertiary/aromatic N) is 1. The summed E-state index contributed by atoms with van der Waals surface area (Å²) in [6.07, 6.45) is 6.10. The third-order valence-electron chi connectivity index (χ3n) is 5.14. The molecule has 4 nitrogen and oxygen atoms in total. The van der Waals surface area contributed by atoms with E-state index in [0.717, 1.165) is 45.1 Å². The minimum absolute atomic E-state index is 0.207. The molecule has 0 aromatic carbocycles. The van der Waals surface area contributed by atoms with Gasteiger partial charge in [0.1, 0.15) is 5.54 Å². The van der Waals surface area contributed by atoms with Crippen molar-refractivity contribution in [3.63, 3.8) is 0 Å². The molecule has 2 unspecified atom stereocenters. The molecule has 0 aliphatic heterocycles. The van der Waals surface area contributed by atoms with Gasteiger partial charge in [-0.25, -0.2) is 0 Å². The minimum atomic E-state index is -0.705. The van der Waals surface area contributed by atoms with Crippen LogP contribution in [0.25, 0.3) is 0 Å². The highest BCUT2D eigenvalue weighted by atomic mass is 16.4. The molecule has 1 saturated carbocycles. The molecule has 0 bridgehead atoms. The highest BCUT2D eigenvalue weighted by Crippen LogP contribution is 2.39. The van der Waals surface area contributed by atoms with Crippen molar-refractivity contribution in [2.75, 3.05) is 13.6 Å². The number of carbonyl (C=O) groups is 1. The van der Waals surface area contributed by atoms with Crippen molar-refractivity contribution in [1.82, 2.24) is 10.2 Å². The summed E-state index contributed by atoms with van der Waals surface area (Å²) in [5, 5.41) is 13.1. The largest absolute Gasteiger partial charge is 0.480 e. The van der Waals surface area contributed by atoms with E-state index in [2.05, 4.69) is 31.1 Å². The Bertz CT molecular complexity index is 329. The predicted molar refractivity (Wildman–Crippen MR) is 87.6 cm³/mol. The van der Waals surface area contributed by atoms with Crippen LogP contribution in [0.5, 0.6) is 0 Å². The minimum Gasteiger partial charge on any atom is -0.480 e. The van der Waals surface area contributed by atoms with Gasteiger partial charge in [0.25, 0.3) is 0 Å². The maximum Gasteiger partial charge on any atom is 0.324 e. The first-order valence-corrected chi connectivity index (χ1v) is 8.58. The maximum absolute atomic E-state index is 11.9. The summed E-state index contributed by atoms with van der Waals surface area (Å²) in [6.45, 7) is 9.52. The van der Waals surface area contributed by atoms with E-state index >= 15 is 0 Å². The second-order valence-corrected chi connectivity index (χ2v) is 6.90. The lowest BCUT2D eigenvalue weighted by Crippen LogP contribution is -2.57. The van der Waals surface area contributed by atoms with Crippen molar-refractivity contribution in [2.24, 2.45) is 5.92 Å². The van der Waals surface area contributed by atoms with Crippen LogP contribution in [0, 0.1) is 5.92 Å². The zero-order valence-corrected chi connectivity index (χ0v) is 14.5. The van der Waals surface area contributed by atoms with Gasteiger partial charge in [0.2, 0.25) is 0 Å². The molecule has 2 N–H and O–H groups in total. The number of aliphatic carboxylic acids is 1. The molecule has 0 heterocycles. The van der Waals surface area contributed by atoms with Crippen LogP contribution in [0.4, 0.5) is 0 Å². The van der Waals surface area contributed by atoms with Crippen molar-refractivity contribution in [2.45, 2.75) is 83.8 Å². The molecular formula is C17H34N2O2. The van der Waals surface area contributed by atoms with Gasteiger partial charge < -0.3 is 10.0 Å². The fourth-order valence-corrected chi connectivity index (χ4v) is 3.97. The van der Waals surface area contributed by atoms with Gasteiger partial charge in [-0.15, -0.1) is 0 Å². The number of hydrogen-bond acceptors (Lipinski definition) is 3. The Labute approximate surface area is 130 Å². The SMILES string of the molecule is CCC(CC)N(C)CCC1CCCC1(NC(C)C)C(=O)O. The van der Waals surface area contributed by atoms with E-state index in [0.29, 0.717) is 6.04 Å². The molecule has 0 aromatic rings. The van der Waals surface area contributed by atoms with Crippen molar-refractivity contribution in [3.8, 4) is 0 Å². The van der Waals surface area contributed by atoms with Gasteiger partial charge in [0.15, 0.2) is 0 Å². The lowest BCUT2D eigenvalue weighted by atomic mass is 9.83. The van der Waals surface area contributed by atoms with Gasteiger partial charge in [-0.05, 0) is 65.5 Å². The molecule has 1 aliphatic carbocycles. The van der Waals surface area contributed by atoms with Gasteiger partial charge in [0, 0.05) is 12.1 Å². The van der Waals surface area contributed by atoms with Gasteiger partial charge >= 0.3 is 5.97 Å². The zero-order valence-electron chi connectivity index (χ0n) is 14.5. The first-order chi connectivity index (χ1) is 9.87. The first kappa shape index (κ1) is 18.4. The topological polar surface area (TPSA) is 52.6 Å². The van der Waals surface area contributed by atoms with Crippen LogP contribution in [0.2, 0.25) is 0 Å². The molecule has 2 atom stereocenters. The van der Waals surface area contributed by atoms with E-state index < -0.39 is 11.5 Å². The van der Waals surface area contributed by atoms with E-state index in [-0.39, 0.29) is 12.0 Å². The van der Waals surface area contributed by atoms with E-state index in [9.17, 15) is 9.90 Å². The van der Waals surface area contributed by atoms with Crippen LogP contribution in [-0.2, 0) is 4.79 Å². The van der Waals surface area contributed by atoms with Crippen LogP contribution in [0.1, 0.15) is 66.2 Å². The summed E-state index contributed by atoms with van der Waals surface area (Å²) < 4.78 is 0. The highest BCUT2D eigenvalue weighted by Gasteiger charge is 2.49. The number of carboxylic acids is 1. The normalized spacial score (nSPS) is 26.2. The Morgan fingerprint density at radius 2 is 2.00 bits per heavy atom. The molecule has 4 heteroatoms. The fraction of sp³-hybridized carbons (Fsp3) is 0.941. The second kappa shape index (κ2) is 8.14. The molecule has 1 fully saturated rings. The number of hydrogen-bond donors (Lipinski definition) is 2. The van der Waals surface area contributed by atoms with E-state index in [1.807, 2.05) is 13.8 Å². The number of carboxylic acid groups (broad SMARTS) is 1. The van der Waals surface area contributed by atoms with Gasteiger partial charge in [-0.3, -0.25) is 10.1 Å². The van der Waals surface area contributed by atoms with Crippen LogP contribution in [0.15, 0.2) is 0 Å². The Morgan fingerprint density at radius 1 is 1.38 bits per heavy atom. The summed E-state index contributed by atoms with van der Waals surface area (Å²) >= 11 is 0. The quantitative estimate of drug-likeness (QED) is 0.687. The monoisotopic (exact) mass is 298 g/mol. The molecule has 0 spiro atoms. The van der Waals surface area contributed by atoms with Crippen molar-refractivity contribution in [3.05, 3.63) is 0 Å². The molecule has 0 aromatic heterocycles. The van der Waals surface area contributed by atoms with Crippen LogP contribution in [-0.4, -0.2) is 47.2 Å². The molecule has 0 amide bonds. The Kier molecular flexibility index (Phi) is 7.14. The summed E-state index contributed by atoms with van der Waals surface area (Å²) in [6, 6.07) is 0.821.